The maximum absolute atomic E-state index is 10.1. The van der Waals surface area contributed by atoms with Crippen molar-refractivity contribution in [1.29, 1.82) is 0 Å². The van der Waals surface area contributed by atoms with Crippen LogP contribution in [0.5, 0.6) is 0 Å². The van der Waals surface area contributed by atoms with Crippen molar-refractivity contribution >= 4 is 5.96 Å². The Bertz CT molecular complexity index is 454. The number of aliphatic imine (C=N–C) groups is 1. The van der Waals surface area contributed by atoms with E-state index in [4.69, 9.17) is 5.73 Å². The predicted molar refractivity (Wildman–Crippen MR) is 93.9 cm³/mol. The highest BCUT2D eigenvalue weighted by molar-refractivity contribution is 5.78. The molecule has 0 aliphatic rings. The largest absolute Gasteiger partial charge is 0.386 e. The van der Waals surface area contributed by atoms with Crippen LogP contribution in [0.1, 0.15) is 57.3 Å². The number of aliphatic hydroxyl groups is 1. The van der Waals surface area contributed by atoms with Gasteiger partial charge in [0, 0.05) is 6.04 Å². The molecule has 0 aromatic heterocycles. The lowest BCUT2D eigenvalue weighted by atomic mass is 10.0. The molecule has 4 N–H and O–H groups in total. The van der Waals surface area contributed by atoms with Gasteiger partial charge in [0.15, 0.2) is 5.96 Å². The highest BCUT2D eigenvalue weighted by Gasteiger charge is 2.08. The van der Waals surface area contributed by atoms with Crippen molar-refractivity contribution < 1.29 is 5.11 Å². The number of guanidine groups is 1. The molecule has 0 radical (unpaired) electrons. The van der Waals surface area contributed by atoms with Crippen molar-refractivity contribution in [2.24, 2.45) is 16.6 Å². The van der Waals surface area contributed by atoms with Gasteiger partial charge in [0.2, 0.25) is 0 Å². The van der Waals surface area contributed by atoms with Crippen LogP contribution in [0.25, 0.3) is 0 Å². The summed E-state index contributed by atoms with van der Waals surface area (Å²) in [5, 5.41) is 13.3. The fourth-order valence-electron chi connectivity index (χ4n) is 2.28. The van der Waals surface area contributed by atoms with Crippen LogP contribution in [0.4, 0.5) is 0 Å². The summed E-state index contributed by atoms with van der Waals surface area (Å²) >= 11 is 0. The molecule has 4 nitrogen and oxygen atoms in total. The van der Waals surface area contributed by atoms with Crippen molar-refractivity contribution in [3.8, 4) is 0 Å². The highest BCUT2D eigenvalue weighted by atomic mass is 16.3. The average molecular weight is 305 g/mol. The Labute approximate surface area is 134 Å². The monoisotopic (exact) mass is 305 g/mol. The number of hydrogen-bond donors (Lipinski definition) is 3. The maximum Gasteiger partial charge on any atom is 0.188 e. The van der Waals surface area contributed by atoms with E-state index in [1.54, 1.807) is 0 Å². The van der Waals surface area contributed by atoms with Gasteiger partial charge in [-0.3, -0.25) is 4.99 Å². The highest BCUT2D eigenvalue weighted by Crippen LogP contribution is 2.13. The zero-order valence-electron chi connectivity index (χ0n) is 14.3. The summed E-state index contributed by atoms with van der Waals surface area (Å²) in [7, 11) is 0. The van der Waals surface area contributed by atoms with Crippen molar-refractivity contribution in [3.63, 3.8) is 0 Å². The summed E-state index contributed by atoms with van der Waals surface area (Å²) in [4.78, 5) is 4.24. The number of hydrogen-bond acceptors (Lipinski definition) is 2. The fourth-order valence-corrected chi connectivity index (χ4v) is 2.28. The SMILES string of the molecule is Cc1ccc(C(O)CN=C(N)NC(C)CCCC(C)C)cc1. The van der Waals surface area contributed by atoms with Crippen molar-refractivity contribution in [2.75, 3.05) is 6.54 Å². The van der Waals surface area contributed by atoms with Crippen LogP contribution in [0.15, 0.2) is 29.3 Å². The number of nitrogens with one attached hydrogen (secondary N) is 1. The standard InChI is InChI=1S/C18H31N3O/c1-13(2)6-5-7-15(4)21-18(19)20-12-17(22)16-10-8-14(3)9-11-16/h8-11,13,15,17,22H,5-7,12H2,1-4H3,(H3,19,20,21). The van der Waals surface area contributed by atoms with E-state index in [9.17, 15) is 5.11 Å². The molecule has 1 aromatic carbocycles. The first-order valence-corrected chi connectivity index (χ1v) is 8.19. The van der Waals surface area contributed by atoms with E-state index in [1.807, 2.05) is 31.2 Å². The molecule has 0 aliphatic heterocycles. The Morgan fingerprint density at radius 1 is 1.18 bits per heavy atom. The van der Waals surface area contributed by atoms with Crippen LogP contribution >= 0.6 is 0 Å². The number of nitrogens with zero attached hydrogens (tertiary/aromatic N) is 1. The zero-order valence-corrected chi connectivity index (χ0v) is 14.3. The zero-order chi connectivity index (χ0) is 16.5. The van der Waals surface area contributed by atoms with Crippen LogP contribution < -0.4 is 11.1 Å². The average Bonchev–Trinajstić information content (AvgIpc) is 2.45. The Hall–Kier alpha value is -1.55. The van der Waals surface area contributed by atoms with E-state index in [0.717, 1.165) is 17.9 Å². The number of nitrogens with two attached hydrogens (primary N) is 1. The molecule has 124 valence electrons. The molecule has 0 saturated heterocycles. The Morgan fingerprint density at radius 2 is 1.82 bits per heavy atom. The second kappa shape index (κ2) is 9.46. The molecule has 1 rings (SSSR count). The summed E-state index contributed by atoms with van der Waals surface area (Å²) in [5.74, 6) is 1.14. The van der Waals surface area contributed by atoms with Gasteiger partial charge >= 0.3 is 0 Å². The van der Waals surface area contributed by atoms with E-state index in [0.29, 0.717) is 12.0 Å². The van der Waals surface area contributed by atoms with E-state index >= 15 is 0 Å². The molecule has 2 unspecified atom stereocenters. The van der Waals surface area contributed by atoms with E-state index in [2.05, 4.69) is 31.1 Å². The molecule has 0 heterocycles. The quantitative estimate of drug-likeness (QED) is 0.510. The van der Waals surface area contributed by atoms with Crippen molar-refractivity contribution in [3.05, 3.63) is 35.4 Å². The summed E-state index contributed by atoms with van der Waals surface area (Å²) in [6, 6.07) is 8.13. The molecule has 0 bridgehead atoms. The number of aliphatic hydroxyl groups excluding tert-OH is 1. The molecular formula is C18H31N3O. The van der Waals surface area contributed by atoms with Crippen molar-refractivity contribution in [1.82, 2.24) is 5.32 Å². The molecule has 0 aliphatic carbocycles. The van der Waals surface area contributed by atoms with Crippen LogP contribution in [0, 0.1) is 12.8 Å². The molecule has 4 heteroatoms. The number of rotatable bonds is 8. The molecule has 2 atom stereocenters. The number of aryl methyl sites for hydroxylation is 1. The van der Waals surface area contributed by atoms with Gasteiger partial charge < -0.3 is 16.2 Å². The third kappa shape index (κ3) is 7.46. The van der Waals surface area contributed by atoms with Crippen LogP contribution in [0.2, 0.25) is 0 Å². The van der Waals surface area contributed by atoms with Gasteiger partial charge in [-0.05, 0) is 31.7 Å². The predicted octanol–water partition coefficient (Wildman–Crippen LogP) is 3.15. The van der Waals surface area contributed by atoms with E-state index in [-0.39, 0.29) is 6.54 Å². The minimum atomic E-state index is -0.614. The first-order valence-electron chi connectivity index (χ1n) is 8.19. The lowest BCUT2D eigenvalue weighted by Crippen LogP contribution is -2.38. The lowest BCUT2D eigenvalue weighted by Gasteiger charge is -2.15. The lowest BCUT2D eigenvalue weighted by molar-refractivity contribution is 0.187. The second-order valence-corrected chi connectivity index (χ2v) is 6.52. The number of benzene rings is 1. The third-order valence-electron chi connectivity index (χ3n) is 3.71. The molecule has 0 spiro atoms. The van der Waals surface area contributed by atoms with Gasteiger partial charge in [-0.25, -0.2) is 0 Å². The Balaban J connectivity index is 2.36. The normalized spacial score (nSPS) is 14.9. The summed E-state index contributed by atoms with van der Waals surface area (Å²) < 4.78 is 0. The molecule has 1 aromatic rings. The summed E-state index contributed by atoms with van der Waals surface area (Å²) in [6.07, 6.45) is 2.88. The van der Waals surface area contributed by atoms with Gasteiger partial charge in [0.25, 0.3) is 0 Å². The van der Waals surface area contributed by atoms with Gasteiger partial charge in [-0.1, -0.05) is 56.5 Å². The molecule has 0 saturated carbocycles. The third-order valence-corrected chi connectivity index (χ3v) is 3.71. The topological polar surface area (TPSA) is 70.6 Å². The molecule has 0 amide bonds. The molecular weight excluding hydrogens is 274 g/mol. The second-order valence-electron chi connectivity index (χ2n) is 6.52. The Morgan fingerprint density at radius 3 is 2.41 bits per heavy atom. The van der Waals surface area contributed by atoms with Gasteiger partial charge in [-0.15, -0.1) is 0 Å². The smallest absolute Gasteiger partial charge is 0.188 e. The van der Waals surface area contributed by atoms with Crippen LogP contribution in [-0.4, -0.2) is 23.7 Å². The van der Waals surface area contributed by atoms with Crippen LogP contribution in [-0.2, 0) is 0 Å². The summed E-state index contributed by atoms with van der Waals surface area (Å²) in [5.41, 5.74) is 7.93. The minimum absolute atomic E-state index is 0.278. The molecule has 0 fully saturated rings. The van der Waals surface area contributed by atoms with Crippen molar-refractivity contribution in [2.45, 2.75) is 59.1 Å². The molecule has 22 heavy (non-hydrogen) atoms. The fraction of sp³-hybridized carbons (Fsp3) is 0.611. The van der Waals surface area contributed by atoms with Gasteiger partial charge in [0.05, 0.1) is 12.6 Å². The van der Waals surface area contributed by atoms with Gasteiger partial charge in [-0.2, -0.15) is 0 Å². The van der Waals surface area contributed by atoms with Crippen LogP contribution in [0.3, 0.4) is 0 Å². The first kappa shape index (κ1) is 18.5. The first-order chi connectivity index (χ1) is 10.4. The summed E-state index contributed by atoms with van der Waals surface area (Å²) in [6.45, 7) is 8.89. The van der Waals surface area contributed by atoms with Gasteiger partial charge in [0.1, 0.15) is 0 Å². The minimum Gasteiger partial charge on any atom is -0.386 e. The van der Waals surface area contributed by atoms with E-state index < -0.39 is 6.10 Å². The van der Waals surface area contributed by atoms with E-state index in [1.165, 1.54) is 18.4 Å². The Kier molecular flexibility index (Phi) is 7.96. The maximum atomic E-state index is 10.1.